The Labute approximate surface area is 200 Å². The number of ether oxygens (including phenoxy) is 1. The number of carboxylic acids is 1. The molecule has 1 heterocycles. The number of imide groups is 1. The van der Waals surface area contributed by atoms with Crippen LogP contribution in [0.25, 0.3) is 6.08 Å². The van der Waals surface area contributed by atoms with Gasteiger partial charge in [-0.15, -0.1) is 11.8 Å². The number of nitrogens with zero attached hydrogens (tertiary/aromatic N) is 1. The van der Waals surface area contributed by atoms with Crippen LogP contribution >= 0.6 is 39.5 Å². The lowest BCUT2D eigenvalue weighted by molar-refractivity contribution is -0.139. The summed E-state index contributed by atoms with van der Waals surface area (Å²) < 4.78 is 5.93. The van der Waals surface area contributed by atoms with E-state index >= 15 is 0 Å². The predicted octanol–water partition coefficient (Wildman–Crippen LogP) is 4.31. The zero-order valence-electron chi connectivity index (χ0n) is 16.7. The van der Waals surface area contributed by atoms with Crippen LogP contribution in [0, 0.1) is 0 Å². The molecule has 0 bridgehead atoms. The highest BCUT2D eigenvalue weighted by Gasteiger charge is 2.36. The molecule has 8 nitrogen and oxygen atoms in total. The second-order valence-electron chi connectivity index (χ2n) is 6.41. The maximum Gasteiger partial charge on any atom is 0.341 e. The third kappa shape index (κ3) is 6.15. The van der Waals surface area contributed by atoms with Gasteiger partial charge in [-0.3, -0.25) is 19.3 Å². The van der Waals surface area contributed by atoms with Crippen molar-refractivity contribution in [3.05, 3.63) is 57.4 Å². The first-order chi connectivity index (χ1) is 15.3. The van der Waals surface area contributed by atoms with Crippen molar-refractivity contribution in [2.45, 2.75) is 4.90 Å². The Morgan fingerprint density at radius 3 is 2.75 bits per heavy atom. The minimum absolute atomic E-state index is 0.102. The predicted molar refractivity (Wildman–Crippen MR) is 127 cm³/mol. The Kier molecular flexibility index (Phi) is 7.99. The largest absolute Gasteiger partial charge is 0.481 e. The van der Waals surface area contributed by atoms with E-state index in [0.29, 0.717) is 27.5 Å². The van der Waals surface area contributed by atoms with Gasteiger partial charge in [-0.2, -0.15) is 0 Å². The summed E-state index contributed by atoms with van der Waals surface area (Å²) in [4.78, 5) is 50.3. The number of halogens is 1. The molecule has 3 amide bonds. The van der Waals surface area contributed by atoms with Gasteiger partial charge in [0.25, 0.3) is 11.1 Å². The van der Waals surface area contributed by atoms with Gasteiger partial charge in [0.15, 0.2) is 6.61 Å². The van der Waals surface area contributed by atoms with E-state index in [9.17, 15) is 19.2 Å². The normalized spacial score (nSPS) is 14.7. The van der Waals surface area contributed by atoms with Gasteiger partial charge < -0.3 is 15.2 Å². The fourth-order valence-corrected chi connectivity index (χ4v) is 4.39. The summed E-state index contributed by atoms with van der Waals surface area (Å²) in [6.07, 6.45) is 3.35. The number of carbonyl (C=O) groups excluding carboxylic acids is 3. The fourth-order valence-electron chi connectivity index (χ4n) is 2.73. The number of hydrogen-bond donors (Lipinski definition) is 2. The molecule has 1 aliphatic rings. The standard InChI is InChI=1S/C21H17BrN2O6S2/c1-31-15-4-2-3-14(9-15)23-18(25)10-24-20(28)17(32-21(24)29)8-12-7-13(22)5-6-16(12)30-11-19(26)27/h2-9H,10-11H2,1H3,(H,23,25)(H,26,27)/b17-8+. The van der Waals surface area contributed by atoms with E-state index < -0.39 is 36.2 Å². The highest BCUT2D eigenvalue weighted by atomic mass is 79.9. The molecule has 32 heavy (non-hydrogen) atoms. The maximum atomic E-state index is 12.8. The lowest BCUT2D eigenvalue weighted by Gasteiger charge is -2.13. The van der Waals surface area contributed by atoms with Crippen molar-refractivity contribution in [1.29, 1.82) is 0 Å². The summed E-state index contributed by atoms with van der Waals surface area (Å²) in [5.41, 5.74) is 0.989. The number of rotatable bonds is 8. The Balaban J connectivity index is 1.74. The monoisotopic (exact) mass is 536 g/mol. The molecule has 0 spiro atoms. The number of nitrogens with one attached hydrogen (secondary N) is 1. The number of aliphatic carboxylic acids is 1. The van der Waals surface area contributed by atoms with E-state index in [1.165, 1.54) is 17.8 Å². The van der Waals surface area contributed by atoms with Crippen LogP contribution in [0.15, 0.2) is 56.7 Å². The third-order valence-electron chi connectivity index (χ3n) is 4.14. The maximum absolute atomic E-state index is 12.8. The van der Waals surface area contributed by atoms with E-state index in [2.05, 4.69) is 21.2 Å². The van der Waals surface area contributed by atoms with E-state index in [-0.39, 0.29) is 10.7 Å². The van der Waals surface area contributed by atoms with Gasteiger partial charge in [-0.25, -0.2) is 4.79 Å². The van der Waals surface area contributed by atoms with Gasteiger partial charge in [0.1, 0.15) is 12.3 Å². The van der Waals surface area contributed by atoms with Crippen molar-refractivity contribution in [3.63, 3.8) is 0 Å². The molecule has 2 aromatic rings. The molecule has 0 atom stereocenters. The quantitative estimate of drug-likeness (QED) is 0.379. The lowest BCUT2D eigenvalue weighted by Crippen LogP contribution is -2.36. The van der Waals surface area contributed by atoms with Crippen LogP contribution in [0.4, 0.5) is 10.5 Å². The van der Waals surface area contributed by atoms with Crippen LogP contribution in [0.2, 0.25) is 0 Å². The second kappa shape index (κ2) is 10.7. The van der Waals surface area contributed by atoms with Crippen molar-refractivity contribution >= 4 is 74.2 Å². The number of thioether (sulfide) groups is 2. The molecule has 1 fully saturated rings. The summed E-state index contributed by atoms with van der Waals surface area (Å²) in [5, 5.41) is 10.9. The SMILES string of the molecule is CSc1cccc(NC(=O)CN2C(=O)S/C(=C/c3cc(Br)ccc3OCC(=O)O)C2=O)c1. The molecular weight excluding hydrogens is 520 g/mol. The summed E-state index contributed by atoms with van der Waals surface area (Å²) in [7, 11) is 0. The first-order valence-electron chi connectivity index (χ1n) is 9.10. The molecule has 0 unspecified atom stereocenters. The van der Waals surface area contributed by atoms with Gasteiger partial charge in [0.05, 0.1) is 4.91 Å². The summed E-state index contributed by atoms with van der Waals surface area (Å²) >= 11 is 5.54. The third-order valence-corrected chi connectivity index (χ3v) is 6.26. The molecule has 3 rings (SSSR count). The highest BCUT2D eigenvalue weighted by Crippen LogP contribution is 2.35. The molecule has 11 heteroatoms. The number of carbonyl (C=O) groups is 4. The van der Waals surface area contributed by atoms with Crippen molar-refractivity contribution < 1.29 is 29.0 Å². The Morgan fingerprint density at radius 1 is 1.25 bits per heavy atom. The molecule has 1 aliphatic heterocycles. The van der Waals surface area contributed by atoms with E-state index in [1.54, 1.807) is 36.4 Å². The molecule has 0 aromatic heterocycles. The van der Waals surface area contributed by atoms with E-state index in [1.807, 2.05) is 12.3 Å². The molecule has 2 aromatic carbocycles. The number of benzene rings is 2. The van der Waals surface area contributed by atoms with E-state index in [4.69, 9.17) is 9.84 Å². The first kappa shape index (κ1) is 23.9. The molecule has 1 saturated heterocycles. The molecule has 166 valence electrons. The van der Waals surface area contributed by atoms with E-state index in [0.717, 1.165) is 9.80 Å². The molecule has 2 N–H and O–H groups in total. The van der Waals surface area contributed by atoms with Crippen LogP contribution < -0.4 is 10.1 Å². The lowest BCUT2D eigenvalue weighted by atomic mass is 10.2. The van der Waals surface area contributed by atoms with Crippen molar-refractivity contribution in [2.75, 3.05) is 24.7 Å². The molecular formula is C21H17BrN2O6S2. The smallest absolute Gasteiger partial charge is 0.341 e. The average Bonchev–Trinajstić information content (AvgIpc) is 3.00. The van der Waals surface area contributed by atoms with Crippen LogP contribution in [0.5, 0.6) is 5.75 Å². The Hall–Kier alpha value is -2.76. The van der Waals surface area contributed by atoms with Crippen molar-refractivity contribution in [3.8, 4) is 5.75 Å². The van der Waals surface area contributed by atoms with Gasteiger partial charge >= 0.3 is 5.97 Å². The Morgan fingerprint density at radius 2 is 2.03 bits per heavy atom. The molecule has 0 aliphatic carbocycles. The van der Waals surface area contributed by atoms with Crippen molar-refractivity contribution in [1.82, 2.24) is 4.90 Å². The van der Waals surface area contributed by atoms with Crippen LogP contribution in [-0.2, 0) is 14.4 Å². The van der Waals surface area contributed by atoms with Crippen LogP contribution in [0.3, 0.4) is 0 Å². The second-order valence-corrected chi connectivity index (χ2v) is 9.20. The number of carboxylic acid groups (broad SMARTS) is 1. The minimum atomic E-state index is -1.15. The summed E-state index contributed by atoms with van der Waals surface area (Å²) in [6, 6.07) is 12.1. The fraction of sp³-hybridized carbons (Fsp3) is 0.143. The first-order valence-corrected chi connectivity index (χ1v) is 11.9. The Bertz CT molecular complexity index is 1120. The minimum Gasteiger partial charge on any atom is -0.481 e. The number of amides is 3. The van der Waals surface area contributed by atoms with Gasteiger partial charge in [0, 0.05) is 20.6 Å². The average molecular weight is 537 g/mol. The molecule has 0 saturated carbocycles. The van der Waals surface area contributed by atoms with Gasteiger partial charge in [-0.05, 0) is 60.5 Å². The van der Waals surface area contributed by atoms with Crippen LogP contribution in [-0.4, -0.2) is 52.4 Å². The summed E-state index contributed by atoms with van der Waals surface area (Å²) in [6.45, 7) is -0.978. The topological polar surface area (TPSA) is 113 Å². The number of anilines is 1. The van der Waals surface area contributed by atoms with Crippen molar-refractivity contribution in [2.24, 2.45) is 0 Å². The zero-order valence-corrected chi connectivity index (χ0v) is 19.9. The number of hydrogen-bond acceptors (Lipinski definition) is 7. The van der Waals surface area contributed by atoms with Crippen LogP contribution in [0.1, 0.15) is 5.56 Å². The highest BCUT2D eigenvalue weighted by molar-refractivity contribution is 9.10. The van der Waals surface area contributed by atoms with Gasteiger partial charge in [0.2, 0.25) is 5.91 Å². The molecule has 0 radical (unpaired) electrons. The van der Waals surface area contributed by atoms with Gasteiger partial charge in [-0.1, -0.05) is 22.0 Å². The zero-order chi connectivity index (χ0) is 23.3. The summed E-state index contributed by atoms with van der Waals surface area (Å²) in [5.74, 6) is -2.01.